The fourth-order valence-corrected chi connectivity index (χ4v) is 3.14. The van der Waals surface area contributed by atoms with Crippen LogP contribution in [0.25, 0.3) is 0 Å². The zero-order chi connectivity index (χ0) is 15.4. The third-order valence-corrected chi connectivity index (χ3v) is 3.95. The molecule has 0 radical (unpaired) electrons. The first-order valence-electron chi connectivity index (χ1n) is 6.26. The van der Waals surface area contributed by atoms with Gasteiger partial charge in [-0.25, -0.2) is 0 Å². The van der Waals surface area contributed by atoms with Gasteiger partial charge in [-0.3, -0.25) is 4.79 Å². The summed E-state index contributed by atoms with van der Waals surface area (Å²) in [5.41, 5.74) is 7.52. The van der Waals surface area contributed by atoms with E-state index in [-0.39, 0.29) is 5.91 Å². The molecule has 0 atom stereocenters. The molecule has 0 aromatic heterocycles. The number of nitrogens with two attached hydrogens (primary N) is 1. The van der Waals surface area contributed by atoms with Crippen LogP contribution in [0.4, 0.5) is 5.69 Å². The van der Waals surface area contributed by atoms with Crippen LogP contribution in [0.3, 0.4) is 0 Å². The van der Waals surface area contributed by atoms with Crippen LogP contribution in [0.15, 0.2) is 40.9 Å². The molecule has 2 aromatic carbocycles. The Bertz CT molecular complexity index is 636. The highest BCUT2D eigenvalue weighted by Crippen LogP contribution is 2.34. The number of benzene rings is 2. The molecule has 0 bridgehead atoms. The third-order valence-electron chi connectivity index (χ3n) is 2.89. The largest absolute Gasteiger partial charge is 0.330 e. The Hall–Kier alpha value is -1.07. The molecule has 21 heavy (non-hydrogen) atoms. The predicted octanol–water partition coefficient (Wildman–Crippen LogP) is 4.51. The molecule has 0 fully saturated rings. The van der Waals surface area contributed by atoms with Crippen molar-refractivity contribution in [2.24, 2.45) is 5.73 Å². The summed E-state index contributed by atoms with van der Waals surface area (Å²) >= 11 is 15.5. The second-order valence-electron chi connectivity index (χ2n) is 4.43. The third kappa shape index (κ3) is 4.20. The Morgan fingerprint density at radius 3 is 2.24 bits per heavy atom. The van der Waals surface area contributed by atoms with Crippen molar-refractivity contribution in [3.05, 3.63) is 62.0 Å². The maximum Gasteiger partial charge on any atom is 0.255 e. The molecule has 2 aromatic rings. The number of anilines is 1. The molecule has 3 N–H and O–H groups in total. The lowest BCUT2D eigenvalue weighted by molar-refractivity contribution is 0.102. The lowest BCUT2D eigenvalue weighted by atomic mass is 10.1. The van der Waals surface area contributed by atoms with Crippen LogP contribution >= 0.6 is 39.1 Å². The molecule has 0 spiro atoms. The zero-order valence-electron chi connectivity index (χ0n) is 11.0. The van der Waals surface area contributed by atoms with Gasteiger partial charge in [0.2, 0.25) is 0 Å². The van der Waals surface area contributed by atoms with Gasteiger partial charge >= 0.3 is 0 Å². The molecule has 6 heteroatoms. The van der Waals surface area contributed by atoms with Crippen molar-refractivity contribution in [2.75, 3.05) is 11.9 Å². The van der Waals surface area contributed by atoms with Crippen LogP contribution in [0, 0.1) is 0 Å². The minimum Gasteiger partial charge on any atom is -0.330 e. The quantitative estimate of drug-likeness (QED) is 0.810. The van der Waals surface area contributed by atoms with Crippen LogP contribution < -0.4 is 11.1 Å². The van der Waals surface area contributed by atoms with Gasteiger partial charge in [0.25, 0.3) is 5.91 Å². The first kappa shape index (κ1) is 16.3. The molecule has 3 nitrogen and oxygen atoms in total. The summed E-state index contributed by atoms with van der Waals surface area (Å²) in [7, 11) is 0. The summed E-state index contributed by atoms with van der Waals surface area (Å²) in [5.74, 6) is -0.263. The molecule has 0 heterocycles. The zero-order valence-corrected chi connectivity index (χ0v) is 14.1. The van der Waals surface area contributed by atoms with Gasteiger partial charge < -0.3 is 11.1 Å². The summed E-state index contributed by atoms with van der Waals surface area (Å²) < 4.78 is 0.752. The monoisotopic (exact) mass is 386 g/mol. The first-order chi connectivity index (χ1) is 10.0. The molecule has 0 aliphatic carbocycles. The molecule has 0 unspecified atom stereocenters. The van der Waals surface area contributed by atoms with Crippen LogP contribution in [-0.4, -0.2) is 12.5 Å². The lowest BCUT2D eigenvalue weighted by Crippen LogP contribution is -2.13. The Balaban J connectivity index is 2.18. The number of hydrogen-bond acceptors (Lipinski definition) is 2. The first-order valence-corrected chi connectivity index (χ1v) is 7.81. The Labute approximate surface area is 141 Å². The summed E-state index contributed by atoms with van der Waals surface area (Å²) in [5, 5.41) is 3.48. The van der Waals surface area contributed by atoms with E-state index in [1.807, 2.05) is 12.1 Å². The Morgan fingerprint density at radius 1 is 1.14 bits per heavy atom. The number of carbonyl (C=O) groups is 1. The number of hydrogen-bond donors (Lipinski definition) is 2. The molecule has 2 rings (SSSR count). The number of rotatable bonds is 4. The van der Waals surface area contributed by atoms with Crippen molar-refractivity contribution in [2.45, 2.75) is 6.42 Å². The molecule has 0 aliphatic rings. The number of nitrogens with one attached hydrogen (secondary N) is 1. The van der Waals surface area contributed by atoms with Gasteiger partial charge in [0.15, 0.2) is 0 Å². The van der Waals surface area contributed by atoms with Crippen LogP contribution in [0.2, 0.25) is 10.0 Å². The summed E-state index contributed by atoms with van der Waals surface area (Å²) in [6.45, 7) is 0.579. The fraction of sp³-hybridized carbons (Fsp3) is 0.133. The van der Waals surface area contributed by atoms with Crippen LogP contribution in [-0.2, 0) is 6.42 Å². The van der Waals surface area contributed by atoms with E-state index in [2.05, 4.69) is 21.2 Å². The number of amides is 1. The van der Waals surface area contributed by atoms with E-state index in [9.17, 15) is 4.79 Å². The van der Waals surface area contributed by atoms with Gasteiger partial charge in [0, 0.05) is 10.0 Å². The standard InChI is InChI=1S/C15H13BrCl2N2O/c16-11-7-12(17)14(13(18)8-11)20-15(21)10-3-1-9(2-4-10)5-6-19/h1-4,7-8H,5-6,19H2,(H,20,21). The molecule has 1 amide bonds. The normalized spacial score (nSPS) is 10.5. The van der Waals surface area contributed by atoms with Crippen molar-refractivity contribution >= 4 is 50.7 Å². The average Bonchev–Trinajstić information content (AvgIpc) is 2.43. The highest BCUT2D eigenvalue weighted by molar-refractivity contribution is 9.10. The van der Waals surface area contributed by atoms with Crippen LogP contribution in [0.5, 0.6) is 0 Å². The summed E-state index contributed by atoms with van der Waals surface area (Å²) in [4.78, 5) is 12.2. The minimum absolute atomic E-state index is 0.263. The smallest absolute Gasteiger partial charge is 0.255 e. The summed E-state index contributed by atoms with van der Waals surface area (Å²) in [6.07, 6.45) is 0.784. The van der Waals surface area contributed by atoms with Crippen LogP contribution in [0.1, 0.15) is 15.9 Å². The van der Waals surface area contributed by atoms with Gasteiger partial charge in [-0.1, -0.05) is 51.3 Å². The second kappa shape index (κ2) is 7.27. The molecular formula is C15H13BrCl2N2O. The Morgan fingerprint density at radius 2 is 1.71 bits per heavy atom. The molecule has 0 aliphatic heterocycles. The molecule has 0 saturated heterocycles. The van der Waals surface area contributed by atoms with Gasteiger partial charge in [0.1, 0.15) is 0 Å². The van der Waals surface area contributed by atoms with Crippen molar-refractivity contribution in [1.82, 2.24) is 0 Å². The SMILES string of the molecule is NCCc1ccc(C(=O)Nc2c(Cl)cc(Br)cc2Cl)cc1. The van der Waals surface area contributed by atoms with Crippen molar-refractivity contribution in [3.8, 4) is 0 Å². The lowest BCUT2D eigenvalue weighted by Gasteiger charge is -2.10. The van der Waals surface area contributed by atoms with Crippen molar-refractivity contribution < 1.29 is 4.79 Å². The molecular weight excluding hydrogens is 375 g/mol. The van der Waals surface area contributed by atoms with Gasteiger partial charge in [0.05, 0.1) is 15.7 Å². The van der Waals surface area contributed by atoms with E-state index in [0.29, 0.717) is 27.8 Å². The van der Waals surface area contributed by atoms with E-state index in [0.717, 1.165) is 16.5 Å². The molecule has 0 saturated carbocycles. The predicted molar refractivity (Wildman–Crippen MR) is 91.3 cm³/mol. The van der Waals surface area contributed by atoms with E-state index in [1.165, 1.54) is 0 Å². The van der Waals surface area contributed by atoms with Gasteiger partial charge in [-0.05, 0) is 42.8 Å². The maximum absolute atomic E-state index is 12.2. The van der Waals surface area contributed by atoms with E-state index in [1.54, 1.807) is 24.3 Å². The summed E-state index contributed by atoms with van der Waals surface area (Å²) in [6, 6.07) is 10.6. The van der Waals surface area contributed by atoms with Crippen molar-refractivity contribution in [3.63, 3.8) is 0 Å². The van der Waals surface area contributed by atoms with Crippen molar-refractivity contribution in [1.29, 1.82) is 0 Å². The topological polar surface area (TPSA) is 55.1 Å². The highest BCUT2D eigenvalue weighted by Gasteiger charge is 2.12. The van der Waals surface area contributed by atoms with E-state index in [4.69, 9.17) is 28.9 Å². The van der Waals surface area contributed by atoms with Gasteiger partial charge in [-0.2, -0.15) is 0 Å². The average molecular weight is 388 g/mol. The van der Waals surface area contributed by atoms with Gasteiger partial charge in [-0.15, -0.1) is 0 Å². The van der Waals surface area contributed by atoms with E-state index < -0.39 is 0 Å². The maximum atomic E-state index is 12.2. The molecule has 110 valence electrons. The second-order valence-corrected chi connectivity index (χ2v) is 6.16. The fourth-order valence-electron chi connectivity index (χ4n) is 1.84. The number of carbonyl (C=O) groups excluding carboxylic acids is 1. The highest BCUT2D eigenvalue weighted by atomic mass is 79.9. The van der Waals surface area contributed by atoms with E-state index >= 15 is 0 Å². The number of halogens is 3. The Kier molecular flexibility index (Phi) is 5.65. The minimum atomic E-state index is -0.263.